The van der Waals surface area contributed by atoms with E-state index in [-0.39, 0.29) is 36.0 Å². The molecular formula is C31H32F2O5. The number of ether oxygens (including phenoxy) is 2. The van der Waals surface area contributed by atoms with Gasteiger partial charge in [0.2, 0.25) is 0 Å². The van der Waals surface area contributed by atoms with Crippen LogP contribution in [0.5, 0.6) is 11.5 Å². The first-order chi connectivity index (χ1) is 18.2. The molecule has 0 amide bonds. The number of aliphatic carboxylic acids is 1. The lowest BCUT2D eigenvalue weighted by Crippen LogP contribution is -2.12. The number of rotatable bonds is 11. The second-order valence-corrected chi connectivity index (χ2v) is 10.8. The molecule has 200 valence electrons. The predicted octanol–water partition coefficient (Wildman–Crippen LogP) is 7.02. The fourth-order valence-corrected chi connectivity index (χ4v) is 5.16. The molecule has 0 aliphatic heterocycles. The van der Waals surface area contributed by atoms with Gasteiger partial charge in [0.1, 0.15) is 18.2 Å². The molecule has 7 heteroatoms. The maximum Gasteiger partial charge on any atom is 0.303 e. The van der Waals surface area contributed by atoms with Gasteiger partial charge in [0.15, 0.2) is 11.6 Å². The summed E-state index contributed by atoms with van der Waals surface area (Å²) in [5.74, 6) is -1.55. The number of carboxylic acid groups (broad SMARTS) is 1. The van der Waals surface area contributed by atoms with Gasteiger partial charge >= 0.3 is 5.97 Å². The van der Waals surface area contributed by atoms with E-state index in [1.807, 2.05) is 6.92 Å². The quantitative estimate of drug-likeness (QED) is 0.283. The maximum absolute atomic E-state index is 15.4. The number of aliphatic hydroxyl groups excluding tert-OH is 1. The van der Waals surface area contributed by atoms with Crippen LogP contribution < -0.4 is 9.47 Å². The Kier molecular flexibility index (Phi) is 7.14. The van der Waals surface area contributed by atoms with E-state index in [1.165, 1.54) is 19.2 Å². The van der Waals surface area contributed by atoms with Gasteiger partial charge in [0.25, 0.3) is 0 Å². The molecule has 0 spiro atoms. The highest BCUT2D eigenvalue weighted by Crippen LogP contribution is 2.56. The summed E-state index contributed by atoms with van der Waals surface area (Å²) in [6.07, 6.45) is 2.60. The maximum atomic E-state index is 15.4. The normalized spacial score (nSPS) is 17.5. The Labute approximate surface area is 221 Å². The summed E-state index contributed by atoms with van der Waals surface area (Å²) >= 11 is 0. The second kappa shape index (κ2) is 10.4. The number of hydrogen-bond acceptors (Lipinski definition) is 4. The van der Waals surface area contributed by atoms with Crippen LogP contribution in [0.25, 0.3) is 11.1 Å². The van der Waals surface area contributed by atoms with Crippen LogP contribution in [0.1, 0.15) is 67.7 Å². The molecule has 2 aliphatic carbocycles. The second-order valence-electron chi connectivity index (χ2n) is 10.8. The number of halogens is 2. The van der Waals surface area contributed by atoms with Gasteiger partial charge in [0, 0.05) is 11.5 Å². The minimum absolute atomic E-state index is 0.0324. The number of methoxy groups -OCH3 is 1. The molecule has 2 fully saturated rings. The summed E-state index contributed by atoms with van der Waals surface area (Å²) in [5, 5.41) is 20.6. The molecule has 2 saturated carbocycles. The Bertz CT molecular complexity index is 1350. The van der Waals surface area contributed by atoms with Crippen LogP contribution in [0.2, 0.25) is 0 Å². The third-order valence-corrected chi connectivity index (χ3v) is 7.95. The summed E-state index contributed by atoms with van der Waals surface area (Å²) in [6.45, 7) is 2.03. The van der Waals surface area contributed by atoms with Crippen molar-refractivity contribution in [3.8, 4) is 22.6 Å². The van der Waals surface area contributed by atoms with Gasteiger partial charge in [-0.1, -0.05) is 31.2 Å². The summed E-state index contributed by atoms with van der Waals surface area (Å²) in [6, 6.07) is 14.7. The van der Waals surface area contributed by atoms with Gasteiger partial charge in [0.05, 0.1) is 19.6 Å². The standard InChI is InChI=1S/C31H32F2O5/c1-31(12-13-31)30(36)25-14-18(6-10-21(25)24-15-20(37-2)9-11-26(24)32)17-38-27-5-3-4-22(29(27)33)23(16-28(34)35)19-7-8-19/h3-6,9-11,14-15,19,23,30,36H,7-8,12-13,16-17H2,1-2H3,(H,34,35)/t23-,30-/m0/s1. The van der Waals surface area contributed by atoms with Crippen molar-refractivity contribution in [1.82, 2.24) is 0 Å². The van der Waals surface area contributed by atoms with Crippen molar-refractivity contribution in [2.75, 3.05) is 7.11 Å². The summed E-state index contributed by atoms with van der Waals surface area (Å²) in [4.78, 5) is 11.4. The predicted molar refractivity (Wildman–Crippen MR) is 139 cm³/mol. The molecule has 3 aromatic rings. The van der Waals surface area contributed by atoms with Crippen molar-refractivity contribution in [3.63, 3.8) is 0 Å². The number of carbonyl (C=O) groups is 1. The van der Waals surface area contributed by atoms with Gasteiger partial charge < -0.3 is 19.7 Å². The van der Waals surface area contributed by atoms with Crippen LogP contribution in [0.3, 0.4) is 0 Å². The van der Waals surface area contributed by atoms with E-state index >= 15 is 4.39 Å². The van der Waals surface area contributed by atoms with Gasteiger partial charge in [-0.3, -0.25) is 4.79 Å². The molecule has 5 nitrogen and oxygen atoms in total. The fraction of sp³-hybridized carbons (Fsp3) is 0.387. The zero-order valence-electron chi connectivity index (χ0n) is 21.5. The molecule has 5 rings (SSSR count). The molecule has 38 heavy (non-hydrogen) atoms. The lowest BCUT2D eigenvalue weighted by Gasteiger charge is -2.23. The van der Waals surface area contributed by atoms with Gasteiger partial charge in [-0.15, -0.1) is 0 Å². The van der Waals surface area contributed by atoms with Gasteiger partial charge in [-0.25, -0.2) is 8.78 Å². The summed E-state index contributed by atoms with van der Waals surface area (Å²) in [5.41, 5.74) is 2.27. The zero-order valence-corrected chi connectivity index (χ0v) is 21.5. The van der Waals surface area contributed by atoms with E-state index in [0.717, 1.165) is 25.7 Å². The molecule has 3 aromatic carbocycles. The minimum atomic E-state index is -0.948. The topological polar surface area (TPSA) is 76.0 Å². The van der Waals surface area contributed by atoms with Gasteiger partial charge in [-0.2, -0.15) is 0 Å². The van der Waals surface area contributed by atoms with Crippen molar-refractivity contribution in [2.45, 2.75) is 57.7 Å². The summed E-state index contributed by atoms with van der Waals surface area (Å²) in [7, 11) is 1.51. The van der Waals surface area contributed by atoms with Crippen molar-refractivity contribution >= 4 is 5.97 Å². The van der Waals surface area contributed by atoms with Crippen LogP contribution in [0, 0.1) is 23.0 Å². The molecule has 0 heterocycles. The van der Waals surface area contributed by atoms with Crippen LogP contribution in [-0.4, -0.2) is 23.3 Å². The molecule has 0 radical (unpaired) electrons. The largest absolute Gasteiger partial charge is 0.497 e. The highest BCUT2D eigenvalue weighted by atomic mass is 19.1. The van der Waals surface area contributed by atoms with E-state index in [9.17, 15) is 19.4 Å². The zero-order chi connectivity index (χ0) is 27.0. The third-order valence-electron chi connectivity index (χ3n) is 7.95. The first-order valence-corrected chi connectivity index (χ1v) is 13.0. The van der Waals surface area contributed by atoms with Crippen molar-refractivity contribution in [2.24, 2.45) is 11.3 Å². The Balaban J connectivity index is 1.43. The average molecular weight is 523 g/mol. The monoisotopic (exact) mass is 522 g/mol. The lowest BCUT2D eigenvalue weighted by molar-refractivity contribution is -0.137. The Hall–Kier alpha value is -3.45. The SMILES string of the molecule is COc1ccc(F)c(-c2ccc(COc3cccc([C@@H](CC(=O)O)C4CC4)c3F)cc2[C@H](O)C2(C)CC2)c1. The minimum Gasteiger partial charge on any atom is -0.497 e. The highest BCUT2D eigenvalue weighted by molar-refractivity contribution is 5.71. The number of hydrogen-bond donors (Lipinski definition) is 2. The van der Waals surface area contributed by atoms with Gasteiger partial charge in [-0.05, 0) is 89.6 Å². The molecular weight excluding hydrogens is 490 g/mol. The fourth-order valence-electron chi connectivity index (χ4n) is 5.16. The molecule has 0 unspecified atom stereocenters. The van der Waals surface area contributed by atoms with E-state index in [0.29, 0.717) is 33.6 Å². The lowest BCUT2D eigenvalue weighted by atomic mass is 9.87. The Morgan fingerprint density at radius 1 is 1.05 bits per heavy atom. The molecule has 2 atom stereocenters. The number of aliphatic hydroxyl groups is 1. The Morgan fingerprint density at radius 2 is 1.82 bits per heavy atom. The van der Waals surface area contributed by atoms with E-state index in [2.05, 4.69) is 0 Å². The average Bonchev–Trinajstić information content (AvgIpc) is 3.84. The van der Waals surface area contributed by atoms with E-state index in [1.54, 1.807) is 42.5 Å². The molecule has 2 aliphatic rings. The molecule has 0 saturated heterocycles. The van der Waals surface area contributed by atoms with Crippen molar-refractivity contribution in [3.05, 3.63) is 82.9 Å². The van der Waals surface area contributed by atoms with Crippen molar-refractivity contribution < 1.29 is 33.3 Å². The smallest absolute Gasteiger partial charge is 0.303 e. The molecule has 2 N–H and O–H groups in total. The van der Waals surface area contributed by atoms with Crippen LogP contribution in [0.4, 0.5) is 8.78 Å². The molecule has 0 bridgehead atoms. The van der Waals surface area contributed by atoms with Crippen LogP contribution >= 0.6 is 0 Å². The number of carboxylic acids is 1. The Morgan fingerprint density at radius 3 is 2.47 bits per heavy atom. The van der Waals surface area contributed by atoms with Crippen LogP contribution in [-0.2, 0) is 11.4 Å². The number of benzene rings is 3. The first kappa shape index (κ1) is 26.2. The van der Waals surface area contributed by atoms with Crippen LogP contribution in [0.15, 0.2) is 54.6 Å². The van der Waals surface area contributed by atoms with Crippen molar-refractivity contribution in [1.29, 1.82) is 0 Å². The summed E-state index contributed by atoms with van der Waals surface area (Å²) < 4.78 is 41.4. The highest BCUT2D eigenvalue weighted by Gasteiger charge is 2.45. The molecule has 0 aromatic heterocycles. The third kappa shape index (κ3) is 5.39. The first-order valence-electron chi connectivity index (χ1n) is 13.0. The van der Waals surface area contributed by atoms with E-state index in [4.69, 9.17) is 9.47 Å². The van der Waals surface area contributed by atoms with E-state index < -0.39 is 23.7 Å².